The van der Waals surface area contributed by atoms with Gasteiger partial charge in [0.25, 0.3) is 0 Å². The first-order valence-electron chi connectivity index (χ1n) is 18.6. The third-order valence-electron chi connectivity index (χ3n) is 7.53. The van der Waals surface area contributed by atoms with Gasteiger partial charge in [-0.1, -0.05) is 133 Å². The first-order valence-corrected chi connectivity index (χ1v) is 20.1. The number of ether oxygens (including phenoxy) is 2. The van der Waals surface area contributed by atoms with Crippen molar-refractivity contribution in [2.75, 3.05) is 33.0 Å². The summed E-state index contributed by atoms with van der Waals surface area (Å²) >= 11 is 0. The molecular weight excluding hydrogens is 631 g/mol. The van der Waals surface area contributed by atoms with Crippen LogP contribution in [0.5, 0.6) is 0 Å². The summed E-state index contributed by atoms with van der Waals surface area (Å²) in [6.07, 6.45) is 36.4. The molecule has 3 unspecified atom stereocenters. The zero-order chi connectivity index (χ0) is 35.4. The van der Waals surface area contributed by atoms with Crippen LogP contribution in [0.1, 0.15) is 142 Å². The van der Waals surface area contributed by atoms with Crippen LogP contribution in [0.15, 0.2) is 48.6 Å². The molecular formula is C38H69O9P. The van der Waals surface area contributed by atoms with Gasteiger partial charge in [0.1, 0.15) is 12.2 Å². The number of aliphatic hydroxyl groups is 2. The highest BCUT2D eigenvalue weighted by atomic mass is 31.2. The largest absolute Gasteiger partial charge is 0.472 e. The minimum atomic E-state index is -4.52. The van der Waals surface area contributed by atoms with Crippen molar-refractivity contribution in [2.45, 2.75) is 154 Å². The Balaban J connectivity index is 4.34. The molecule has 0 aliphatic rings. The third-order valence-corrected chi connectivity index (χ3v) is 8.48. The highest BCUT2D eigenvalue weighted by Gasteiger charge is 2.26. The maximum atomic E-state index is 12.5. The molecule has 0 bridgehead atoms. The molecule has 0 aromatic heterocycles. The second-order valence-electron chi connectivity index (χ2n) is 12.2. The smallest absolute Gasteiger partial charge is 0.457 e. The van der Waals surface area contributed by atoms with Crippen molar-refractivity contribution >= 4 is 13.8 Å². The van der Waals surface area contributed by atoms with Gasteiger partial charge in [-0.2, -0.15) is 0 Å². The minimum Gasteiger partial charge on any atom is -0.457 e. The van der Waals surface area contributed by atoms with Crippen LogP contribution in [0.2, 0.25) is 0 Å². The van der Waals surface area contributed by atoms with Crippen LogP contribution in [0.3, 0.4) is 0 Å². The molecule has 10 heteroatoms. The SMILES string of the molecule is CC/C=C\C/C=C\C/C=C\C/C=C\CCCCC(=O)OC(COCCCCCCCCCCCCCC)COP(=O)(O)OCC(O)CO. The Labute approximate surface area is 292 Å². The highest BCUT2D eigenvalue weighted by molar-refractivity contribution is 7.47. The molecule has 0 amide bonds. The van der Waals surface area contributed by atoms with Crippen molar-refractivity contribution in [1.82, 2.24) is 0 Å². The van der Waals surface area contributed by atoms with Gasteiger partial charge in [0, 0.05) is 13.0 Å². The lowest BCUT2D eigenvalue weighted by atomic mass is 10.1. The lowest BCUT2D eigenvalue weighted by molar-refractivity contribution is -0.154. The molecule has 0 saturated carbocycles. The van der Waals surface area contributed by atoms with Gasteiger partial charge in [-0.25, -0.2) is 4.57 Å². The number of phosphoric ester groups is 1. The van der Waals surface area contributed by atoms with Crippen LogP contribution in [0, 0.1) is 0 Å². The molecule has 280 valence electrons. The zero-order valence-electron chi connectivity index (χ0n) is 30.2. The van der Waals surface area contributed by atoms with E-state index < -0.39 is 45.8 Å². The average molecular weight is 701 g/mol. The number of hydrogen-bond acceptors (Lipinski definition) is 8. The quantitative estimate of drug-likeness (QED) is 0.0256. The highest BCUT2D eigenvalue weighted by Crippen LogP contribution is 2.43. The van der Waals surface area contributed by atoms with Crippen LogP contribution in [0.25, 0.3) is 0 Å². The number of aliphatic hydroxyl groups excluding tert-OH is 2. The standard InChI is InChI=1S/C38H69O9P/c1-3-5-7-9-11-13-15-17-18-19-20-22-24-26-28-30-38(41)47-37(35-46-48(42,43)45-33-36(40)32-39)34-44-31-29-27-25-23-21-16-14-12-10-8-6-4-2/h5,7,11,13,17-18,20,22,36-37,39-40H,3-4,6,8-10,12,14-16,19,21,23-35H2,1-2H3,(H,42,43)/b7-5-,13-11-,18-17-,22-20-. The molecule has 48 heavy (non-hydrogen) atoms. The van der Waals surface area contributed by atoms with Crippen LogP contribution in [-0.4, -0.2) is 66.3 Å². The molecule has 0 fully saturated rings. The molecule has 0 heterocycles. The Bertz CT molecular complexity index is 887. The fraction of sp³-hybridized carbons (Fsp3) is 0.763. The molecule has 0 rings (SSSR count). The molecule has 0 radical (unpaired) electrons. The van der Waals surface area contributed by atoms with Crippen molar-refractivity contribution in [1.29, 1.82) is 0 Å². The Kier molecular flexibility index (Phi) is 34.1. The van der Waals surface area contributed by atoms with Gasteiger partial charge < -0.3 is 24.6 Å². The molecule has 0 spiro atoms. The topological polar surface area (TPSA) is 132 Å². The molecule has 9 nitrogen and oxygen atoms in total. The number of phosphoric acid groups is 1. The molecule has 3 N–H and O–H groups in total. The Morgan fingerprint density at radius 3 is 1.75 bits per heavy atom. The summed E-state index contributed by atoms with van der Waals surface area (Å²) in [7, 11) is -4.52. The number of carbonyl (C=O) groups excluding carboxylic acids is 1. The minimum absolute atomic E-state index is 0.0327. The lowest BCUT2D eigenvalue weighted by Crippen LogP contribution is -2.29. The van der Waals surface area contributed by atoms with Crippen LogP contribution in [-0.2, 0) is 27.9 Å². The fourth-order valence-corrected chi connectivity index (χ4v) is 5.49. The van der Waals surface area contributed by atoms with Gasteiger partial charge in [0.2, 0.25) is 0 Å². The predicted octanol–water partition coefficient (Wildman–Crippen LogP) is 9.47. The monoisotopic (exact) mass is 700 g/mol. The molecule has 0 aliphatic heterocycles. The summed E-state index contributed by atoms with van der Waals surface area (Å²) in [4.78, 5) is 22.4. The molecule has 0 saturated heterocycles. The lowest BCUT2D eigenvalue weighted by Gasteiger charge is -2.20. The van der Waals surface area contributed by atoms with E-state index in [2.05, 4.69) is 62.5 Å². The van der Waals surface area contributed by atoms with E-state index in [9.17, 15) is 19.4 Å². The van der Waals surface area contributed by atoms with Gasteiger partial charge in [-0.05, 0) is 51.4 Å². The van der Waals surface area contributed by atoms with Crippen LogP contribution >= 0.6 is 7.82 Å². The van der Waals surface area contributed by atoms with Crippen molar-refractivity contribution in [3.8, 4) is 0 Å². The zero-order valence-corrected chi connectivity index (χ0v) is 31.1. The van der Waals surface area contributed by atoms with E-state index in [0.29, 0.717) is 13.0 Å². The average Bonchev–Trinajstić information content (AvgIpc) is 3.07. The van der Waals surface area contributed by atoms with Crippen molar-refractivity contribution in [3.63, 3.8) is 0 Å². The molecule has 3 atom stereocenters. The molecule has 0 aromatic carbocycles. The van der Waals surface area contributed by atoms with Crippen LogP contribution < -0.4 is 0 Å². The van der Waals surface area contributed by atoms with Crippen LogP contribution in [0.4, 0.5) is 0 Å². The first kappa shape index (κ1) is 46.4. The summed E-state index contributed by atoms with van der Waals surface area (Å²) in [5.74, 6) is -0.424. The third kappa shape index (κ3) is 34.3. The second kappa shape index (κ2) is 35.3. The van der Waals surface area contributed by atoms with Gasteiger partial charge in [-0.15, -0.1) is 0 Å². The van der Waals surface area contributed by atoms with E-state index >= 15 is 0 Å². The van der Waals surface area contributed by atoms with Gasteiger partial charge in [0.05, 0.1) is 26.4 Å². The maximum absolute atomic E-state index is 12.5. The van der Waals surface area contributed by atoms with E-state index in [1.165, 1.54) is 57.8 Å². The van der Waals surface area contributed by atoms with E-state index in [1.807, 2.05) is 0 Å². The normalized spacial score (nSPS) is 14.9. The number of carbonyl (C=O) groups is 1. The fourth-order valence-electron chi connectivity index (χ4n) is 4.70. The Morgan fingerprint density at radius 1 is 0.667 bits per heavy atom. The summed E-state index contributed by atoms with van der Waals surface area (Å²) in [5, 5.41) is 18.3. The second-order valence-corrected chi connectivity index (χ2v) is 13.7. The predicted molar refractivity (Wildman–Crippen MR) is 196 cm³/mol. The van der Waals surface area contributed by atoms with Crippen molar-refractivity contribution in [2.24, 2.45) is 0 Å². The summed E-state index contributed by atoms with van der Waals surface area (Å²) in [5.41, 5.74) is 0. The summed E-state index contributed by atoms with van der Waals surface area (Å²) in [6.45, 7) is 3.33. The molecule has 0 aliphatic carbocycles. The van der Waals surface area contributed by atoms with Gasteiger partial charge in [0.15, 0.2) is 0 Å². The first-order chi connectivity index (χ1) is 23.3. The Hall–Kier alpha value is -1.58. The number of hydrogen-bond donors (Lipinski definition) is 3. The number of rotatable bonds is 35. The van der Waals surface area contributed by atoms with Gasteiger partial charge in [-0.3, -0.25) is 13.8 Å². The van der Waals surface area contributed by atoms with E-state index in [1.54, 1.807) is 0 Å². The molecule has 0 aromatic rings. The Morgan fingerprint density at radius 2 is 1.19 bits per heavy atom. The van der Waals surface area contributed by atoms with Gasteiger partial charge >= 0.3 is 13.8 Å². The maximum Gasteiger partial charge on any atom is 0.472 e. The number of allylic oxidation sites excluding steroid dienone is 8. The van der Waals surface area contributed by atoms with Crippen molar-refractivity contribution < 1.29 is 43.0 Å². The van der Waals surface area contributed by atoms with Crippen molar-refractivity contribution in [3.05, 3.63) is 48.6 Å². The summed E-state index contributed by atoms with van der Waals surface area (Å²) in [6, 6.07) is 0. The van der Waals surface area contributed by atoms with E-state index in [4.69, 9.17) is 23.6 Å². The summed E-state index contributed by atoms with van der Waals surface area (Å²) < 4.78 is 33.1. The van der Waals surface area contributed by atoms with E-state index in [-0.39, 0.29) is 13.0 Å². The number of esters is 1. The number of unbranched alkanes of at least 4 members (excludes halogenated alkanes) is 13. The van der Waals surface area contributed by atoms with E-state index in [0.717, 1.165) is 57.8 Å².